The minimum atomic E-state index is -1.36. The first-order valence-corrected chi connectivity index (χ1v) is 8.95. The van der Waals surface area contributed by atoms with Crippen molar-refractivity contribution in [3.05, 3.63) is 94.4 Å². The first kappa shape index (κ1) is 17.7. The number of hydrogen-bond donors (Lipinski definition) is 2. The number of rotatable bonds is 4. The summed E-state index contributed by atoms with van der Waals surface area (Å²) >= 11 is 0. The van der Waals surface area contributed by atoms with Crippen molar-refractivity contribution in [1.82, 2.24) is 15.2 Å². The summed E-state index contributed by atoms with van der Waals surface area (Å²) in [5.74, 6) is -0.476. The number of benzene rings is 2. The maximum absolute atomic E-state index is 12.8. The maximum Gasteiger partial charge on any atom is 0.322 e. The molecule has 1 saturated heterocycles. The molecule has 0 spiro atoms. The smallest absolute Gasteiger partial charge is 0.318 e. The number of nitrogens with one attached hydrogen (secondary N) is 2. The number of imide groups is 1. The maximum atomic E-state index is 12.8. The van der Waals surface area contributed by atoms with Gasteiger partial charge in [-0.1, -0.05) is 54.6 Å². The van der Waals surface area contributed by atoms with Gasteiger partial charge in [0.15, 0.2) is 5.54 Å². The lowest BCUT2D eigenvalue weighted by molar-refractivity contribution is -0.124. The Balaban J connectivity index is 1.84. The Kier molecular flexibility index (Phi) is 4.31. The molecule has 1 aliphatic heterocycles. The summed E-state index contributed by atoms with van der Waals surface area (Å²) in [7, 11) is 0. The molecule has 2 N–H and O–H groups in total. The van der Waals surface area contributed by atoms with Crippen LogP contribution in [0, 0.1) is 6.92 Å². The van der Waals surface area contributed by atoms with Crippen LogP contribution in [0.4, 0.5) is 4.79 Å². The fraction of sp³-hybridized carbons (Fsp3) is 0.136. The van der Waals surface area contributed by atoms with Gasteiger partial charge < -0.3 is 9.88 Å². The predicted octanol–water partition coefficient (Wildman–Crippen LogP) is 2.56. The van der Waals surface area contributed by atoms with Crippen LogP contribution in [0.3, 0.4) is 0 Å². The number of urea groups is 1. The van der Waals surface area contributed by atoms with Crippen LogP contribution in [-0.2, 0) is 16.9 Å². The van der Waals surface area contributed by atoms with E-state index in [1.807, 2.05) is 48.5 Å². The van der Waals surface area contributed by atoms with Crippen molar-refractivity contribution < 1.29 is 9.59 Å². The van der Waals surface area contributed by atoms with Crippen LogP contribution in [0.2, 0.25) is 0 Å². The summed E-state index contributed by atoms with van der Waals surface area (Å²) in [5, 5.41) is 5.06. The van der Waals surface area contributed by atoms with Gasteiger partial charge in [0.2, 0.25) is 0 Å². The van der Waals surface area contributed by atoms with Gasteiger partial charge in [-0.05, 0) is 35.7 Å². The van der Waals surface area contributed by atoms with Crippen molar-refractivity contribution in [3.8, 4) is 11.1 Å². The monoisotopic (exact) mass is 373 g/mol. The number of nitrogens with zero attached hydrogens (tertiary/aromatic N) is 1. The topological polar surface area (TPSA) is 80.2 Å². The number of hydrogen-bond acceptors (Lipinski definition) is 3. The third kappa shape index (κ3) is 2.99. The van der Waals surface area contributed by atoms with Gasteiger partial charge >= 0.3 is 6.03 Å². The van der Waals surface area contributed by atoms with Crippen LogP contribution >= 0.6 is 0 Å². The van der Waals surface area contributed by atoms with Crippen molar-refractivity contribution in [3.63, 3.8) is 0 Å². The molecule has 1 unspecified atom stereocenters. The van der Waals surface area contributed by atoms with Gasteiger partial charge in [-0.2, -0.15) is 0 Å². The Morgan fingerprint density at radius 1 is 0.893 bits per heavy atom. The molecule has 1 atom stereocenters. The molecule has 2 aromatic carbocycles. The zero-order valence-electron chi connectivity index (χ0n) is 15.3. The molecule has 6 heteroatoms. The molecule has 140 valence electrons. The first-order chi connectivity index (χ1) is 13.5. The number of amides is 3. The molecular formula is C22H19N3O3. The van der Waals surface area contributed by atoms with Gasteiger partial charge in [0, 0.05) is 11.8 Å². The van der Waals surface area contributed by atoms with Gasteiger partial charge in [-0.25, -0.2) is 4.79 Å². The highest BCUT2D eigenvalue weighted by atomic mass is 16.2. The van der Waals surface area contributed by atoms with E-state index in [-0.39, 0.29) is 12.1 Å². The van der Waals surface area contributed by atoms with Crippen LogP contribution in [-0.4, -0.2) is 16.5 Å². The Bertz CT molecular complexity index is 1120. The van der Waals surface area contributed by atoms with Crippen LogP contribution < -0.4 is 16.2 Å². The number of aryl methyl sites for hydroxylation is 1. The standard InChI is InChI=1S/C22H19N3O3/c1-15-7-6-12-25(19(15)26)14-22(20(27)23-21(28)24-22)18-11-5-10-17(13-18)16-8-3-2-4-9-16/h2-13H,14H2,1H3,(H2,23,24,27,28). The number of aromatic nitrogens is 1. The van der Waals surface area contributed by atoms with Crippen LogP contribution in [0.1, 0.15) is 11.1 Å². The van der Waals surface area contributed by atoms with Gasteiger partial charge in [0.1, 0.15) is 0 Å². The van der Waals surface area contributed by atoms with E-state index in [1.54, 1.807) is 31.3 Å². The minimum absolute atomic E-state index is 0.00330. The fourth-order valence-electron chi connectivity index (χ4n) is 3.53. The lowest BCUT2D eigenvalue weighted by Crippen LogP contribution is -2.49. The molecule has 2 heterocycles. The molecule has 6 nitrogen and oxygen atoms in total. The first-order valence-electron chi connectivity index (χ1n) is 8.95. The normalized spacial score (nSPS) is 18.6. The summed E-state index contributed by atoms with van der Waals surface area (Å²) in [6.45, 7) is 1.72. The van der Waals surface area contributed by atoms with E-state index in [0.29, 0.717) is 11.1 Å². The predicted molar refractivity (Wildman–Crippen MR) is 106 cm³/mol. The van der Waals surface area contributed by atoms with E-state index >= 15 is 0 Å². The molecule has 0 bridgehead atoms. The van der Waals surface area contributed by atoms with Crippen molar-refractivity contribution >= 4 is 11.9 Å². The fourth-order valence-corrected chi connectivity index (χ4v) is 3.53. The molecule has 4 rings (SSSR count). The van der Waals surface area contributed by atoms with Crippen molar-refractivity contribution in [1.29, 1.82) is 0 Å². The van der Waals surface area contributed by atoms with Crippen LogP contribution in [0.5, 0.6) is 0 Å². The summed E-state index contributed by atoms with van der Waals surface area (Å²) in [5.41, 5.74) is 1.54. The van der Waals surface area contributed by atoms with Crippen molar-refractivity contribution in [2.24, 2.45) is 0 Å². The molecule has 3 amide bonds. The second-order valence-corrected chi connectivity index (χ2v) is 6.88. The third-order valence-electron chi connectivity index (χ3n) is 5.02. The Morgan fingerprint density at radius 3 is 2.36 bits per heavy atom. The summed E-state index contributed by atoms with van der Waals surface area (Å²) in [4.78, 5) is 37.4. The lowest BCUT2D eigenvalue weighted by Gasteiger charge is -2.28. The van der Waals surface area contributed by atoms with Gasteiger partial charge in [0.25, 0.3) is 11.5 Å². The third-order valence-corrected chi connectivity index (χ3v) is 5.02. The Morgan fingerprint density at radius 2 is 1.64 bits per heavy atom. The molecule has 1 fully saturated rings. The number of carbonyl (C=O) groups is 2. The second kappa shape index (κ2) is 6.81. The van der Waals surface area contributed by atoms with Gasteiger partial charge in [-0.15, -0.1) is 0 Å². The van der Waals surface area contributed by atoms with E-state index in [4.69, 9.17) is 0 Å². The average Bonchev–Trinajstić information content (AvgIpc) is 3.00. The minimum Gasteiger partial charge on any atom is -0.318 e. The SMILES string of the molecule is Cc1cccn(CC2(c3cccc(-c4ccccc4)c3)NC(=O)NC2=O)c1=O. The van der Waals surface area contributed by atoms with Crippen molar-refractivity contribution in [2.75, 3.05) is 0 Å². The summed E-state index contributed by atoms with van der Waals surface area (Å²) < 4.78 is 1.45. The quantitative estimate of drug-likeness (QED) is 0.690. The molecule has 1 aromatic heterocycles. The Hall–Kier alpha value is -3.67. The molecule has 0 aliphatic carbocycles. The molecule has 1 aliphatic rings. The number of carbonyl (C=O) groups excluding carboxylic acids is 2. The van der Waals surface area contributed by atoms with Crippen LogP contribution in [0.15, 0.2) is 77.7 Å². The van der Waals surface area contributed by atoms with E-state index in [1.165, 1.54) is 4.57 Å². The second-order valence-electron chi connectivity index (χ2n) is 6.88. The summed E-state index contributed by atoms with van der Waals surface area (Å²) in [6.07, 6.45) is 1.62. The highest BCUT2D eigenvalue weighted by Crippen LogP contribution is 2.30. The van der Waals surface area contributed by atoms with E-state index in [0.717, 1.165) is 11.1 Å². The summed E-state index contributed by atoms with van der Waals surface area (Å²) in [6, 6.07) is 20.1. The van der Waals surface area contributed by atoms with E-state index in [9.17, 15) is 14.4 Å². The van der Waals surface area contributed by atoms with Crippen LogP contribution in [0.25, 0.3) is 11.1 Å². The molecule has 28 heavy (non-hydrogen) atoms. The zero-order chi connectivity index (χ0) is 19.7. The number of pyridine rings is 1. The van der Waals surface area contributed by atoms with Gasteiger partial charge in [-0.3, -0.25) is 14.9 Å². The zero-order valence-corrected chi connectivity index (χ0v) is 15.3. The van der Waals surface area contributed by atoms with Gasteiger partial charge in [0.05, 0.1) is 6.54 Å². The molecule has 0 saturated carbocycles. The van der Waals surface area contributed by atoms with E-state index in [2.05, 4.69) is 10.6 Å². The van der Waals surface area contributed by atoms with Crippen molar-refractivity contribution in [2.45, 2.75) is 19.0 Å². The largest absolute Gasteiger partial charge is 0.322 e. The molecule has 0 radical (unpaired) electrons. The average molecular weight is 373 g/mol. The van der Waals surface area contributed by atoms with E-state index < -0.39 is 17.5 Å². The molecular weight excluding hydrogens is 354 g/mol. The highest BCUT2D eigenvalue weighted by Gasteiger charge is 2.48. The lowest BCUT2D eigenvalue weighted by atomic mass is 9.87. The highest BCUT2D eigenvalue weighted by molar-refractivity contribution is 6.07. The Labute approximate surface area is 161 Å². The molecule has 3 aromatic rings.